The van der Waals surface area contributed by atoms with Crippen LogP contribution in [0.2, 0.25) is 5.02 Å². The monoisotopic (exact) mass is 517 g/mol. The Hall–Kier alpha value is -3.65. The lowest BCUT2D eigenvalue weighted by Crippen LogP contribution is -2.38. The van der Waals surface area contributed by atoms with E-state index >= 15 is 0 Å². The van der Waals surface area contributed by atoms with Gasteiger partial charge in [-0.15, -0.1) is 0 Å². The first-order chi connectivity index (χ1) is 18.0. The molecular formula is C28H32ClN7O. The van der Waals surface area contributed by atoms with Gasteiger partial charge < -0.3 is 15.1 Å². The number of aryl methyl sites for hydroxylation is 2. The highest BCUT2D eigenvalue weighted by Gasteiger charge is 2.25. The van der Waals surface area contributed by atoms with E-state index in [4.69, 9.17) is 26.7 Å². The van der Waals surface area contributed by atoms with Crippen LogP contribution in [-0.2, 0) is 6.42 Å². The third-order valence-electron chi connectivity index (χ3n) is 6.66. The lowest BCUT2D eigenvalue weighted by Gasteiger charge is -2.24. The lowest BCUT2D eigenvalue weighted by atomic mass is 10.2. The molecule has 5 rings (SSSR count). The molecule has 192 valence electrons. The van der Waals surface area contributed by atoms with Crippen molar-refractivity contribution < 1.29 is 4.79 Å². The molecule has 1 aliphatic heterocycles. The molecule has 1 aliphatic rings. The Morgan fingerprint density at radius 2 is 1.78 bits per heavy atom. The highest BCUT2D eigenvalue weighted by Crippen LogP contribution is 2.30. The molecule has 1 N–H and O–H groups in total. The van der Waals surface area contributed by atoms with Gasteiger partial charge in [0.1, 0.15) is 11.6 Å². The number of hydrogen-bond donors (Lipinski definition) is 1. The normalized spacial score (nSPS) is 14.1. The number of aromatic nitrogens is 4. The van der Waals surface area contributed by atoms with E-state index in [1.807, 2.05) is 59.0 Å². The van der Waals surface area contributed by atoms with Crippen molar-refractivity contribution >= 4 is 40.2 Å². The Labute approximate surface area is 222 Å². The Kier molecular flexibility index (Phi) is 7.55. The van der Waals surface area contributed by atoms with Gasteiger partial charge in [0, 0.05) is 43.3 Å². The topological polar surface area (TPSA) is 79.2 Å². The van der Waals surface area contributed by atoms with E-state index < -0.39 is 0 Å². The average Bonchev–Trinajstić information content (AvgIpc) is 3.08. The third kappa shape index (κ3) is 5.54. The molecule has 0 radical (unpaired) electrons. The number of rotatable bonds is 6. The van der Waals surface area contributed by atoms with Crippen LogP contribution in [0.15, 0.2) is 54.6 Å². The fourth-order valence-electron chi connectivity index (χ4n) is 4.70. The highest BCUT2D eigenvalue weighted by molar-refractivity contribution is 6.30. The van der Waals surface area contributed by atoms with Crippen LogP contribution in [0, 0.1) is 6.92 Å². The van der Waals surface area contributed by atoms with E-state index in [9.17, 15) is 4.79 Å². The maximum Gasteiger partial charge on any atom is 0.321 e. The molecule has 3 heterocycles. The highest BCUT2D eigenvalue weighted by atomic mass is 35.5. The van der Waals surface area contributed by atoms with Gasteiger partial charge in [-0.1, -0.05) is 43.1 Å². The lowest BCUT2D eigenvalue weighted by molar-refractivity contribution is 0.215. The molecule has 1 saturated heterocycles. The maximum atomic E-state index is 13.0. The second-order valence-corrected chi connectivity index (χ2v) is 9.80. The molecule has 2 aromatic heterocycles. The maximum absolute atomic E-state index is 13.0. The first-order valence-electron chi connectivity index (χ1n) is 12.9. The first-order valence-corrected chi connectivity index (χ1v) is 13.3. The molecule has 0 spiro atoms. The number of fused-ring (bicyclic) bond motifs is 1. The van der Waals surface area contributed by atoms with Gasteiger partial charge in [0.25, 0.3) is 0 Å². The predicted octanol–water partition coefficient (Wildman–Crippen LogP) is 5.86. The zero-order valence-electron chi connectivity index (χ0n) is 21.3. The summed E-state index contributed by atoms with van der Waals surface area (Å²) in [5.74, 6) is 1.75. The van der Waals surface area contributed by atoms with E-state index in [2.05, 4.69) is 17.1 Å². The van der Waals surface area contributed by atoms with Crippen LogP contribution in [0.25, 0.3) is 16.7 Å². The van der Waals surface area contributed by atoms with Crippen molar-refractivity contribution in [1.29, 1.82) is 0 Å². The molecule has 37 heavy (non-hydrogen) atoms. The number of nitrogens with zero attached hydrogens (tertiary/aromatic N) is 6. The number of carbonyl (C=O) groups is 1. The van der Waals surface area contributed by atoms with Gasteiger partial charge in [-0.3, -0.25) is 0 Å². The Morgan fingerprint density at radius 1 is 1.00 bits per heavy atom. The number of unbranched alkanes of at least 4 members (excludes halogenated alkanes) is 1. The third-order valence-corrected chi connectivity index (χ3v) is 6.91. The molecule has 1 fully saturated rings. The number of nitrogens with one attached hydrogen (secondary N) is 1. The first kappa shape index (κ1) is 25.0. The Bertz CT molecular complexity index is 1370. The van der Waals surface area contributed by atoms with Crippen molar-refractivity contribution in [1.82, 2.24) is 24.6 Å². The van der Waals surface area contributed by atoms with E-state index in [0.717, 1.165) is 72.0 Å². The minimum Gasteiger partial charge on any atom is -0.354 e. The van der Waals surface area contributed by atoms with Gasteiger partial charge in [0.15, 0.2) is 5.65 Å². The van der Waals surface area contributed by atoms with Gasteiger partial charge in [0.2, 0.25) is 0 Å². The van der Waals surface area contributed by atoms with Crippen molar-refractivity contribution in [3.63, 3.8) is 0 Å². The molecule has 0 unspecified atom stereocenters. The Morgan fingerprint density at radius 3 is 2.54 bits per heavy atom. The molecule has 9 heteroatoms. The van der Waals surface area contributed by atoms with Crippen LogP contribution in [0.5, 0.6) is 0 Å². The molecule has 0 saturated carbocycles. The SMILES string of the molecule is CCCCc1nc(N2CCCN(C(=O)Nc3ccc(Cl)cc3)CC2)c2c(C)nn(-c3ccccc3)c2n1. The van der Waals surface area contributed by atoms with Gasteiger partial charge in [0.05, 0.1) is 16.8 Å². The molecule has 2 amide bonds. The van der Waals surface area contributed by atoms with Crippen molar-refractivity contribution in [2.24, 2.45) is 0 Å². The van der Waals surface area contributed by atoms with Crippen LogP contribution in [0.3, 0.4) is 0 Å². The Balaban J connectivity index is 1.43. The minimum absolute atomic E-state index is 0.103. The summed E-state index contributed by atoms with van der Waals surface area (Å²) in [7, 11) is 0. The summed E-state index contributed by atoms with van der Waals surface area (Å²) >= 11 is 5.98. The van der Waals surface area contributed by atoms with Crippen LogP contribution < -0.4 is 10.2 Å². The quantitative estimate of drug-likeness (QED) is 0.346. The van der Waals surface area contributed by atoms with Crippen molar-refractivity contribution in [2.45, 2.75) is 39.5 Å². The minimum atomic E-state index is -0.103. The fourth-order valence-corrected chi connectivity index (χ4v) is 4.82. The number of halogens is 1. The summed E-state index contributed by atoms with van der Waals surface area (Å²) in [5, 5.41) is 9.46. The number of benzene rings is 2. The fraction of sp³-hybridized carbons (Fsp3) is 0.357. The molecular weight excluding hydrogens is 486 g/mol. The summed E-state index contributed by atoms with van der Waals surface area (Å²) in [6.07, 6.45) is 3.77. The van der Waals surface area contributed by atoms with Crippen molar-refractivity contribution in [3.8, 4) is 5.69 Å². The smallest absolute Gasteiger partial charge is 0.321 e. The zero-order chi connectivity index (χ0) is 25.8. The van der Waals surface area contributed by atoms with E-state index in [1.54, 1.807) is 12.1 Å². The van der Waals surface area contributed by atoms with Gasteiger partial charge in [-0.05, 0) is 56.2 Å². The molecule has 0 atom stereocenters. The van der Waals surface area contributed by atoms with Gasteiger partial charge in [-0.25, -0.2) is 19.4 Å². The van der Waals surface area contributed by atoms with Crippen LogP contribution >= 0.6 is 11.6 Å². The number of hydrogen-bond acceptors (Lipinski definition) is 5. The molecule has 2 aromatic carbocycles. The summed E-state index contributed by atoms with van der Waals surface area (Å²) in [5.41, 5.74) is 3.45. The molecule has 0 bridgehead atoms. The predicted molar refractivity (Wildman–Crippen MR) is 149 cm³/mol. The number of para-hydroxylation sites is 1. The molecule has 4 aromatic rings. The van der Waals surface area contributed by atoms with Crippen LogP contribution in [0.4, 0.5) is 16.3 Å². The number of anilines is 2. The van der Waals surface area contributed by atoms with Gasteiger partial charge >= 0.3 is 6.03 Å². The van der Waals surface area contributed by atoms with Crippen LogP contribution in [-0.4, -0.2) is 56.9 Å². The van der Waals surface area contributed by atoms with Gasteiger partial charge in [-0.2, -0.15) is 5.10 Å². The number of carbonyl (C=O) groups excluding carboxylic acids is 1. The second-order valence-electron chi connectivity index (χ2n) is 9.36. The summed E-state index contributed by atoms with van der Waals surface area (Å²) in [4.78, 5) is 27.1. The molecule has 8 nitrogen and oxygen atoms in total. The summed E-state index contributed by atoms with van der Waals surface area (Å²) in [6.45, 7) is 6.96. The average molecular weight is 518 g/mol. The van der Waals surface area contributed by atoms with E-state index in [-0.39, 0.29) is 6.03 Å². The summed E-state index contributed by atoms with van der Waals surface area (Å²) in [6, 6.07) is 17.2. The zero-order valence-corrected chi connectivity index (χ0v) is 22.1. The van der Waals surface area contributed by atoms with Crippen molar-refractivity contribution in [2.75, 3.05) is 36.4 Å². The summed E-state index contributed by atoms with van der Waals surface area (Å²) < 4.78 is 1.93. The standard InChI is InChI=1S/C28H32ClN7O/c1-3-4-11-24-31-26(25-20(2)33-36(27(25)32-24)23-9-6-5-7-10-23)34-16-8-17-35(19-18-34)28(37)30-22-14-12-21(29)13-15-22/h5-7,9-10,12-15H,3-4,8,11,16-19H2,1-2H3,(H,30,37). The van der Waals surface area contributed by atoms with E-state index in [0.29, 0.717) is 24.7 Å². The van der Waals surface area contributed by atoms with Crippen molar-refractivity contribution in [3.05, 3.63) is 71.1 Å². The van der Waals surface area contributed by atoms with Crippen LogP contribution in [0.1, 0.15) is 37.7 Å². The largest absolute Gasteiger partial charge is 0.354 e. The second kappa shape index (κ2) is 11.2. The molecule has 0 aliphatic carbocycles. The van der Waals surface area contributed by atoms with E-state index in [1.165, 1.54) is 0 Å². The number of amides is 2. The number of urea groups is 1.